The minimum atomic E-state index is -0.201. The van der Waals surface area contributed by atoms with Crippen molar-refractivity contribution in [3.63, 3.8) is 0 Å². The summed E-state index contributed by atoms with van der Waals surface area (Å²) in [4.78, 5) is 0. The third-order valence-corrected chi connectivity index (χ3v) is 5.50. The number of benzene rings is 1. The largest absolute Gasteiger partial charge is 0.325 e. The van der Waals surface area contributed by atoms with E-state index in [9.17, 15) is 4.39 Å². The predicted molar refractivity (Wildman–Crippen MR) is 76.9 cm³/mol. The van der Waals surface area contributed by atoms with E-state index in [2.05, 4.69) is 29.8 Å². The molecular formula is C15H21BrFN. The molecule has 3 atom stereocenters. The molecule has 3 unspecified atom stereocenters. The Morgan fingerprint density at radius 1 is 1.44 bits per heavy atom. The molecule has 0 amide bonds. The van der Waals surface area contributed by atoms with Crippen molar-refractivity contribution in [1.82, 2.24) is 0 Å². The van der Waals surface area contributed by atoms with E-state index in [1.165, 1.54) is 18.9 Å². The zero-order valence-corrected chi connectivity index (χ0v) is 12.6. The molecule has 0 bridgehead atoms. The number of nitrogens with two attached hydrogens (primary N) is 1. The summed E-state index contributed by atoms with van der Waals surface area (Å²) in [6.45, 7) is 4.50. The van der Waals surface area contributed by atoms with E-state index in [1.807, 2.05) is 6.07 Å². The standard InChI is InChI=1S/C15H21BrFN/c1-10-5-4-8-15(18,11(10)2)9-12-6-3-7-13(17)14(12)16/h3,6-7,10-11H,4-5,8-9,18H2,1-2H3. The second kappa shape index (κ2) is 5.30. The van der Waals surface area contributed by atoms with Gasteiger partial charge in [-0.2, -0.15) is 0 Å². The molecule has 1 aliphatic rings. The van der Waals surface area contributed by atoms with Crippen molar-refractivity contribution >= 4 is 15.9 Å². The molecule has 1 aliphatic carbocycles. The second-order valence-corrected chi connectivity index (χ2v) is 6.57. The summed E-state index contributed by atoms with van der Waals surface area (Å²) < 4.78 is 14.1. The topological polar surface area (TPSA) is 26.0 Å². The summed E-state index contributed by atoms with van der Waals surface area (Å²) >= 11 is 3.34. The highest BCUT2D eigenvalue weighted by molar-refractivity contribution is 9.10. The van der Waals surface area contributed by atoms with Crippen molar-refractivity contribution in [3.8, 4) is 0 Å². The predicted octanol–water partition coefficient (Wildman–Crippen LogP) is 4.28. The Hall–Kier alpha value is -0.410. The molecule has 100 valence electrons. The summed E-state index contributed by atoms with van der Waals surface area (Å²) in [5.41, 5.74) is 7.38. The highest BCUT2D eigenvalue weighted by Gasteiger charge is 2.38. The molecule has 3 heteroatoms. The lowest BCUT2D eigenvalue weighted by Gasteiger charge is -2.43. The fourth-order valence-corrected chi connectivity index (χ4v) is 3.49. The van der Waals surface area contributed by atoms with Gasteiger partial charge in [0.25, 0.3) is 0 Å². The van der Waals surface area contributed by atoms with Gasteiger partial charge in [0.05, 0.1) is 4.47 Å². The maximum Gasteiger partial charge on any atom is 0.137 e. The van der Waals surface area contributed by atoms with E-state index in [1.54, 1.807) is 6.07 Å². The minimum Gasteiger partial charge on any atom is -0.325 e. The van der Waals surface area contributed by atoms with Crippen LogP contribution in [0.25, 0.3) is 0 Å². The zero-order valence-electron chi connectivity index (χ0n) is 11.0. The van der Waals surface area contributed by atoms with Crippen LogP contribution in [0.5, 0.6) is 0 Å². The molecule has 0 radical (unpaired) electrons. The zero-order chi connectivity index (χ0) is 13.3. The Balaban J connectivity index is 2.24. The number of halogens is 2. The smallest absolute Gasteiger partial charge is 0.137 e. The van der Waals surface area contributed by atoms with E-state index < -0.39 is 0 Å². The van der Waals surface area contributed by atoms with Gasteiger partial charge in [-0.15, -0.1) is 0 Å². The first-order valence-electron chi connectivity index (χ1n) is 6.66. The lowest BCUT2D eigenvalue weighted by atomic mass is 9.66. The SMILES string of the molecule is CC1CCCC(N)(Cc2cccc(F)c2Br)C1C. The van der Waals surface area contributed by atoms with Gasteiger partial charge in [0.1, 0.15) is 5.82 Å². The van der Waals surface area contributed by atoms with E-state index in [0.717, 1.165) is 18.4 Å². The number of rotatable bonds is 2. The summed E-state index contributed by atoms with van der Waals surface area (Å²) in [5, 5.41) is 0. The Bertz CT molecular complexity index is 435. The van der Waals surface area contributed by atoms with Crippen LogP contribution in [-0.4, -0.2) is 5.54 Å². The Morgan fingerprint density at radius 3 is 2.89 bits per heavy atom. The van der Waals surface area contributed by atoms with Crippen molar-refractivity contribution < 1.29 is 4.39 Å². The molecule has 1 fully saturated rings. The first-order valence-corrected chi connectivity index (χ1v) is 7.45. The van der Waals surface area contributed by atoms with Crippen molar-refractivity contribution in [2.24, 2.45) is 17.6 Å². The molecule has 0 spiro atoms. The molecule has 2 rings (SSSR count). The lowest BCUT2D eigenvalue weighted by molar-refractivity contribution is 0.143. The molecule has 2 N–H and O–H groups in total. The van der Waals surface area contributed by atoms with Crippen molar-refractivity contribution in [2.75, 3.05) is 0 Å². The monoisotopic (exact) mass is 313 g/mol. The molecule has 0 aromatic heterocycles. The van der Waals surface area contributed by atoms with Crippen molar-refractivity contribution in [2.45, 2.75) is 45.1 Å². The summed E-state index contributed by atoms with van der Waals surface area (Å²) in [6.07, 6.45) is 4.21. The fraction of sp³-hybridized carbons (Fsp3) is 0.600. The van der Waals surface area contributed by atoms with E-state index in [-0.39, 0.29) is 11.4 Å². The first kappa shape index (κ1) is 14.0. The van der Waals surface area contributed by atoms with Crippen LogP contribution < -0.4 is 5.73 Å². The quantitative estimate of drug-likeness (QED) is 0.866. The highest BCUT2D eigenvalue weighted by atomic mass is 79.9. The molecule has 0 heterocycles. The van der Waals surface area contributed by atoms with Gasteiger partial charge in [-0.1, -0.05) is 38.8 Å². The molecule has 1 nitrogen and oxygen atoms in total. The molecule has 0 saturated heterocycles. The van der Waals surface area contributed by atoms with Gasteiger partial charge in [0.15, 0.2) is 0 Å². The maximum atomic E-state index is 13.5. The van der Waals surface area contributed by atoms with Gasteiger partial charge < -0.3 is 5.73 Å². The molecule has 1 aromatic rings. The van der Waals surface area contributed by atoms with Gasteiger partial charge in [0, 0.05) is 5.54 Å². The highest BCUT2D eigenvalue weighted by Crippen LogP contribution is 2.39. The van der Waals surface area contributed by atoms with Crippen LogP contribution in [0.3, 0.4) is 0 Å². The maximum absolute atomic E-state index is 13.5. The molecule has 0 aliphatic heterocycles. The van der Waals surface area contributed by atoms with Gasteiger partial charge in [0.2, 0.25) is 0 Å². The van der Waals surface area contributed by atoms with Crippen molar-refractivity contribution in [3.05, 3.63) is 34.1 Å². The molecule has 18 heavy (non-hydrogen) atoms. The molecular weight excluding hydrogens is 293 g/mol. The third kappa shape index (κ3) is 2.62. The average molecular weight is 314 g/mol. The second-order valence-electron chi connectivity index (χ2n) is 5.78. The molecule has 1 saturated carbocycles. The van der Waals surface area contributed by atoms with Crippen LogP contribution in [0, 0.1) is 17.7 Å². The van der Waals surface area contributed by atoms with Crippen LogP contribution in [0.2, 0.25) is 0 Å². The van der Waals surface area contributed by atoms with Gasteiger partial charge in [-0.25, -0.2) is 4.39 Å². The van der Waals surface area contributed by atoms with Crippen LogP contribution in [0.4, 0.5) is 4.39 Å². The van der Waals surface area contributed by atoms with Gasteiger partial charge in [-0.3, -0.25) is 0 Å². The number of hydrogen-bond donors (Lipinski definition) is 1. The average Bonchev–Trinajstić information content (AvgIpc) is 2.32. The first-order chi connectivity index (χ1) is 8.44. The third-order valence-electron chi connectivity index (χ3n) is 4.61. The van der Waals surface area contributed by atoms with Crippen LogP contribution in [0.1, 0.15) is 38.7 Å². The van der Waals surface area contributed by atoms with E-state index >= 15 is 0 Å². The number of hydrogen-bond acceptors (Lipinski definition) is 1. The Kier molecular flexibility index (Phi) is 4.12. The van der Waals surface area contributed by atoms with Crippen LogP contribution in [-0.2, 0) is 6.42 Å². The summed E-state index contributed by atoms with van der Waals surface area (Å²) in [6, 6.07) is 5.20. The molecule has 1 aromatic carbocycles. The Labute approximate surface area is 117 Å². The normalized spacial score (nSPS) is 32.5. The summed E-state index contributed by atoms with van der Waals surface area (Å²) in [7, 11) is 0. The lowest BCUT2D eigenvalue weighted by Crippen LogP contribution is -2.52. The van der Waals surface area contributed by atoms with Crippen LogP contribution >= 0.6 is 15.9 Å². The Morgan fingerprint density at radius 2 is 2.17 bits per heavy atom. The minimum absolute atomic E-state index is 0.200. The fourth-order valence-electron chi connectivity index (χ4n) is 3.09. The van der Waals surface area contributed by atoms with Crippen LogP contribution in [0.15, 0.2) is 22.7 Å². The van der Waals surface area contributed by atoms with Gasteiger partial charge in [-0.05, 0) is 52.2 Å². The van der Waals surface area contributed by atoms with E-state index in [4.69, 9.17) is 5.73 Å². The van der Waals surface area contributed by atoms with Crippen molar-refractivity contribution in [1.29, 1.82) is 0 Å². The van der Waals surface area contributed by atoms with Gasteiger partial charge >= 0.3 is 0 Å². The summed E-state index contributed by atoms with van der Waals surface area (Å²) in [5.74, 6) is 0.921. The van der Waals surface area contributed by atoms with E-state index in [0.29, 0.717) is 16.3 Å².